The molecule has 4 fully saturated rings. The molecule has 4 aliphatic heterocycles. The van der Waals surface area contributed by atoms with Gasteiger partial charge in [-0.1, -0.05) is 31.2 Å². The minimum atomic E-state index is -1.77. The van der Waals surface area contributed by atoms with Gasteiger partial charge in [0.25, 0.3) is 0 Å². The number of rotatable bonds is 17. The lowest BCUT2D eigenvalue weighted by Gasteiger charge is -2.44. The van der Waals surface area contributed by atoms with Crippen molar-refractivity contribution in [2.24, 2.45) is 17.5 Å². The molecular formula is C54H94FN5O12. The second-order valence-electron chi connectivity index (χ2n) is 22.3. The fourth-order valence-corrected chi connectivity index (χ4v) is 11.2. The SMILES string of the molecule is CC[C@H]1OC(=O)[C@H](C)[C@@H](O[C@H]2C[C@@](C)(OC)C[C@H](C)O2)C[C@@H](O[C@H]2C[C@@H](N(C)CC/C(N)=C/N(N)[C@H](CF)[C@H](OC)c3ccc(C4CCOCC4)cc3)C[C@@H](C)O2)[C@](C)(O)CCCN(C)[C@H](C)[C@@H](O)[C@]1(C)O. The van der Waals surface area contributed by atoms with E-state index in [0.717, 1.165) is 31.6 Å². The quantitative estimate of drug-likeness (QED) is 0.0706. The number of ether oxygens (including phenoxy) is 8. The average molecular weight is 1020 g/mol. The lowest BCUT2D eigenvalue weighted by molar-refractivity contribution is -0.278. The smallest absolute Gasteiger partial charge is 0.311 e. The van der Waals surface area contributed by atoms with E-state index in [2.05, 4.69) is 17.0 Å². The maximum absolute atomic E-state index is 14.8. The predicted molar refractivity (Wildman–Crippen MR) is 273 cm³/mol. The number of hydrazine groups is 1. The van der Waals surface area contributed by atoms with Gasteiger partial charge in [0.15, 0.2) is 12.6 Å². The standard InChI is InChI=1S/C54H94FN5O12/c1-13-45-54(8,64)50(61)37(5)58(9)23-14-22-53(7,63)46(29-44(36(4)51(62)72-45)70-48-31-52(6,66-12)30-35(3)69-48)71-47-28-42(27-34(2)68-47)59(10)24-19-41(56)33-60(57)43(32-55)49(65-11)40-17-15-38(16-18-40)39-20-25-67-26-21-39/h15-18,33-37,39,42-50,61,63-64H,13-14,19-32,56-57H2,1-12H3/b41-33-/t34-,35+,36-,37-,42+,43-,44+,45-,46-,47+,48+,49-,50-,52+,53-,54-/m1/s1. The summed E-state index contributed by atoms with van der Waals surface area (Å²) in [5.74, 6) is 5.40. The zero-order valence-electron chi connectivity index (χ0n) is 45.7. The van der Waals surface area contributed by atoms with E-state index in [9.17, 15) is 24.5 Å². The van der Waals surface area contributed by atoms with E-state index in [1.54, 1.807) is 41.2 Å². The van der Waals surface area contributed by atoms with Crippen molar-refractivity contribution in [2.75, 3.05) is 61.3 Å². The van der Waals surface area contributed by atoms with Crippen LogP contribution in [0.4, 0.5) is 4.39 Å². The van der Waals surface area contributed by atoms with Crippen LogP contribution in [0.3, 0.4) is 0 Å². The van der Waals surface area contributed by atoms with Crippen molar-refractivity contribution >= 4 is 5.97 Å². The van der Waals surface area contributed by atoms with Crippen LogP contribution >= 0.6 is 0 Å². The highest BCUT2D eigenvalue weighted by atomic mass is 19.1. The maximum atomic E-state index is 14.8. The van der Waals surface area contributed by atoms with E-state index in [4.69, 9.17) is 49.5 Å². The Morgan fingerprint density at radius 3 is 2.28 bits per heavy atom. The number of likely N-dealkylation sites (N-methyl/N-ethyl adjacent to an activating group) is 1. The molecule has 1 aromatic carbocycles. The molecule has 0 saturated carbocycles. The number of aliphatic hydroxyl groups is 3. The molecule has 0 unspecified atom stereocenters. The summed E-state index contributed by atoms with van der Waals surface area (Å²) in [4.78, 5) is 18.4. The largest absolute Gasteiger partial charge is 0.459 e. The number of esters is 1. The lowest BCUT2D eigenvalue weighted by atomic mass is 9.86. The molecule has 16 atom stereocenters. The molecule has 5 rings (SSSR count). The molecule has 7 N–H and O–H groups in total. The number of nitrogens with zero attached hydrogens (tertiary/aromatic N) is 3. The number of cyclic esters (lactones) is 1. The van der Waals surface area contributed by atoms with Crippen LogP contribution in [0, 0.1) is 5.92 Å². The Balaban J connectivity index is 1.33. The second-order valence-corrected chi connectivity index (χ2v) is 22.3. The molecule has 18 heteroatoms. The molecular weight excluding hydrogens is 930 g/mol. The molecule has 0 spiro atoms. The van der Waals surface area contributed by atoms with Gasteiger partial charge < -0.3 is 73.8 Å². The number of hydrogen-bond donors (Lipinski definition) is 5. The zero-order valence-corrected chi connectivity index (χ0v) is 45.7. The fraction of sp³-hybridized carbons (Fsp3) is 0.833. The third kappa shape index (κ3) is 16.0. The van der Waals surface area contributed by atoms with Crippen molar-refractivity contribution in [3.05, 3.63) is 47.3 Å². The minimum absolute atomic E-state index is 0.00145. The van der Waals surface area contributed by atoms with E-state index >= 15 is 0 Å². The summed E-state index contributed by atoms with van der Waals surface area (Å²) in [6.45, 7) is 16.3. The van der Waals surface area contributed by atoms with Gasteiger partial charge in [-0.2, -0.15) is 0 Å². The van der Waals surface area contributed by atoms with Crippen molar-refractivity contribution in [3.8, 4) is 0 Å². The number of hydrogen-bond acceptors (Lipinski definition) is 17. The van der Waals surface area contributed by atoms with Gasteiger partial charge in [-0.25, -0.2) is 10.2 Å². The van der Waals surface area contributed by atoms with Gasteiger partial charge >= 0.3 is 5.97 Å². The van der Waals surface area contributed by atoms with Crippen LogP contribution in [0.1, 0.15) is 149 Å². The number of methoxy groups -OCH3 is 2. The van der Waals surface area contributed by atoms with Gasteiger partial charge in [-0.15, -0.1) is 0 Å². The molecule has 0 amide bonds. The summed E-state index contributed by atoms with van der Waals surface area (Å²) in [6.07, 6.45) is 0.759. The Bertz CT molecular complexity index is 1830. The van der Waals surface area contributed by atoms with Gasteiger partial charge in [0.05, 0.1) is 41.5 Å². The normalized spacial score (nSPS) is 37.6. The first-order valence-electron chi connectivity index (χ1n) is 26.6. The van der Waals surface area contributed by atoms with Gasteiger partial charge in [0.2, 0.25) is 0 Å². The summed E-state index contributed by atoms with van der Waals surface area (Å²) < 4.78 is 64.7. The van der Waals surface area contributed by atoms with Crippen molar-refractivity contribution in [1.29, 1.82) is 0 Å². The topological polar surface area (TPSA) is 213 Å². The van der Waals surface area contributed by atoms with E-state index in [0.29, 0.717) is 69.7 Å². The molecule has 4 heterocycles. The number of alkyl halides is 1. The molecule has 0 aromatic heterocycles. The van der Waals surface area contributed by atoms with Crippen LogP contribution in [0.5, 0.6) is 0 Å². The summed E-state index contributed by atoms with van der Waals surface area (Å²) in [5, 5.41) is 37.2. The summed E-state index contributed by atoms with van der Waals surface area (Å²) in [6, 6.07) is 6.82. The Labute approximate surface area is 430 Å². The molecule has 1 aromatic rings. The van der Waals surface area contributed by atoms with Crippen LogP contribution in [-0.4, -0.2) is 182 Å². The maximum Gasteiger partial charge on any atom is 0.311 e. The van der Waals surface area contributed by atoms with Crippen molar-refractivity contribution in [1.82, 2.24) is 14.8 Å². The summed E-state index contributed by atoms with van der Waals surface area (Å²) in [5.41, 5.74) is 5.37. The monoisotopic (exact) mass is 1020 g/mol. The molecule has 4 saturated heterocycles. The van der Waals surface area contributed by atoms with Crippen LogP contribution in [-0.2, 0) is 42.7 Å². The predicted octanol–water partition coefficient (Wildman–Crippen LogP) is 5.82. The number of aliphatic hydroxyl groups excluding tert-OH is 1. The first-order valence-corrected chi connectivity index (χ1v) is 26.6. The fourth-order valence-electron chi connectivity index (χ4n) is 11.2. The summed E-state index contributed by atoms with van der Waals surface area (Å²) in [7, 11) is 7.10. The Morgan fingerprint density at radius 2 is 1.65 bits per heavy atom. The highest BCUT2D eigenvalue weighted by molar-refractivity contribution is 5.73. The Hall–Kier alpha value is -2.56. The number of carbonyl (C=O) groups excluding carboxylic acids is 1. The zero-order chi connectivity index (χ0) is 53.1. The van der Waals surface area contributed by atoms with Crippen molar-refractivity contribution in [3.63, 3.8) is 0 Å². The Morgan fingerprint density at radius 1 is 0.986 bits per heavy atom. The van der Waals surface area contributed by atoms with Gasteiger partial charge in [0.1, 0.15) is 36.6 Å². The van der Waals surface area contributed by atoms with Gasteiger partial charge in [0, 0.05) is 90.1 Å². The van der Waals surface area contributed by atoms with E-state index in [1.165, 1.54) is 17.5 Å². The van der Waals surface area contributed by atoms with Crippen LogP contribution in [0.15, 0.2) is 36.2 Å². The van der Waals surface area contributed by atoms with E-state index < -0.39 is 90.5 Å². The first kappa shape index (κ1) is 60.3. The van der Waals surface area contributed by atoms with Gasteiger partial charge in [-0.05, 0) is 125 Å². The van der Waals surface area contributed by atoms with E-state index in [1.807, 2.05) is 58.8 Å². The molecule has 414 valence electrons. The third-order valence-electron chi connectivity index (χ3n) is 16.4. The van der Waals surface area contributed by atoms with Crippen LogP contribution in [0.25, 0.3) is 0 Å². The third-order valence-corrected chi connectivity index (χ3v) is 16.4. The second kappa shape index (κ2) is 27.0. The number of carbonyl (C=O) groups is 1. The Kier molecular flexibility index (Phi) is 22.6. The van der Waals surface area contributed by atoms with Crippen molar-refractivity contribution < 1.29 is 62.4 Å². The van der Waals surface area contributed by atoms with Crippen LogP contribution in [0.2, 0.25) is 0 Å². The first-order chi connectivity index (χ1) is 33.9. The molecule has 0 radical (unpaired) electrons. The van der Waals surface area contributed by atoms with Gasteiger partial charge in [-0.3, -0.25) is 4.79 Å². The summed E-state index contributed by atoms with van der Waals surface area (Å²) >= 11 is 0. The average Bonchev–Trinajstić information content (AvgIpc) is 3.34. The molecule has 17 nitrogen and oxygen atoms in total. The van der Waals surface area contributed by atoms with E-state index in [-0.39, 0.29) is 31.1 Å². The minimum Gasteiger partial charge on any atom is -0.459 e. The molecule has 72 heavy (non-hydrogen) atoms. The molecule has 0 aliphatic carbocycles. The lowest BCUT2D eigenvalue weighted by Crippen LogP contribution is -2.58. The molecule has 0 bridgehead atoms. The highest BCUT2D eigenvalue weighted by Gasteiger charge is 2.48. The molecule has 4 aliphatic rings. The number of halogens is 1. The number of benzene rings is 1. The number of nitrogens with two attached hydrogens (primary N) is 2. The highest BCUT2D eigenvalue weighted by Crippen LogP contribution is 2.38. The van der Waals surface area contributed by atoms with Crippen molar-refractivity contribution in [2.45, 2.75) is 222 Å². The van der Waals surface area contributed by atoms with Crippen LogP contribution < -0.4 is 11.6 Å².